The van der Waals surface area contributed by atoms with E-state index in [-0.39, 0.29) is 5.82 Å². The minimum absolute atomic E-state index is 0.270. The fraction of sp³-hybridized carbons (Fsp3) is 0.286. The molecular weight excluding hydrogens is 131 g/mol. The van der Waals surface area contributed by atoms with Crippen LogP contribution in [0.4, 0.5) is 4.39 Å². The maximum absolute atomic E-state index is 12.7. The van der Waals surface area contributed by atoms with Crippen LogP contribution in [-0.2, 0) is 6.42 Å². The summed E-state index contributed by atoms with van der Waals surface area (Å²) in [5, 5.41) is 0. The molecule has 0 aliphatic heterocycles. The zero-order valence-electron chi connectivity index (χ0n) is 5.55. The molecule has 0 saturated heterocycles. The van der Waals surface area contributed by atoms with Crippen LogP contribution in [0.5, 0.6) is 0 Å². The lowest BCUT2D eigenvalue weighted by Gasteiger charge is -1.96. The Balaban J connectivity index is 2.81. The molecule has 0 atom stereocenters. The minimum Gasteiger partial charge on any atom is -0.330 e. The Morgan fingerprint density at radius 1 is 1.60 bits per heavy atom. The topological polar surface area (TPSA) is 38.9 Å². The highest BCUT2D eigenvalue weighted by Gasteiger charge is 1.98. The number of nitrogens with zero attached hydrogens (tertiary/aromatic N) is 1. The Bertz CT molecular complexity index is 213. The van der Waals surface area contributed by atoms with Crippen LogP contribution in [0.15, 0.2) is 18.3 Å². The van der Waals surface area contributed by atoms with Crippen molar-refractivity contribution in [3.8, 4) is 0 Å². The molecule has 0 aliphatic carbocycles. The molecule has 0 fully saturated rings. The van der Waals surface area contributed by atoms with Gasteiger partial charge in [-0.05, 0) is 18.7 Å². The maximum atomic E-state index is 12.7. The van der Waals surface area contributed by atoms with Crippen molar-refractivity contribution in [2.75, 3.05) is 6.54 Å². The van der Waals surface area contributed by atoms with Gasteiger partial charge in [-0.15, -0.1) is 0 Å². The van der Waals surface area contributed by atoms with Gasteiger partial charge in [0.05, 0.1) is 5.69 Å². The van der Waals surface area contributed by atoms with Crippen molar-refractivity contribution in [1.82, 2.24) is 4.98 Å². The van der Waals surface area contributed by atoms with Crippen LogP contribution >= 0.6 is 0 Å². The van der Waals surface area contributed by atoms with Gasteiger partial charge in [0, 0.05) is 12.6 Å². The molecule has 0 bridgehead atoms. The summed E-state index contributed by atoms with van der Waals surface area (Å²) >= 11 is 0. The van der Waals surface area contributed by atoms with Crippen molar-refractivity contribution in [2.45, 2.75) is 6.42 Å². The Morgan fingerprint density at radius 2 is 2.40 bits per heavy atom. The van der Waals surface area contributed by atoms with E-state index in [2.05, 4.69) is 4.98 Å². The van der Waals surface area contributed by atoms with Gasteiger partial charge in [-0.2, -0.15) is 0 Å². The van der Waals surface area contributed by atoms with E-state index in [1.54, 1.807) is 12.3 Å². The first-order valence-electron chi connectivity index (χ1n) is 3.14. The van der Waals surface area contributed by atoms with E-state index >= 15 is 0 Å². The van der Waals surface area contributed by atoms with E-state index in [1.165, 1.54) is 6.07 Å². The second kappa shape index (κ2) is 3.27. The third kappa shape index (κ3) is 1.51. The van der Waals surface area contributed by atoms with E-state index in [9.17, 15) is 4.39 Å². The van der Waals surface area contributed by atoms with Gasteiger partial charge >= 0.3 is 0 Å². The van der Waals surface area contributed by atoms with Crippen LogP contribution in [0.2, 0.25) is 0 Å². The molecule has 1 aromatic heterocycles. The first-order valence-corrected chi connectivity index (χ1v) is 3.14. The van der Waals surface area contributed by atoms with Crippen LogP contribution < -0.4 is 5.73 Å². The van der Waals surface area contributed by atoms with Crippen molar-refractivity contribution < 1.29 is 4.39 Å². The zero-order valence-corrected chi connectivity index (χ0v) is 5.55. The fourth-order valence-corrected chi connectivity index (χ4v) is 0.739. The van der Waals surface area contributed by atoms with Crippen molar-refractivity contribution >= 4 is 0 Å². The lowest BCUT2D eigenvalue weighted by atomic mass is 10.2. The normalized spacial score (nSPS) is 9.80. The van der Waals surface area contributed by atoms with Crippen molar-refractivity contribution in [3.63, 3.8) is 0 Å². The summed E-state index contributed by atoms with van der Waals surface area (Å²) in [5.74, 6) is -0.270. The van der Waals surface area contributed by atoms with Crippen molar-refractivity contribution in [2.24, 2.45) is 5.73 Å². The van der Waals surface area contributed by atoms with Gasteiger partial charge in [-0.1, -0.05) is 0 Å². The van der Waals surface area contributed by atoms with Crippen LogP contribution in [-0.4, -0.2) is 11.5 Å². The number of hydrogen-bond acceptors (Lipinski definition) is 2. The Morgan fingerprint density at radius 3 is 3.00 bits per heavy atom. The molecule has 0 radical (unpaired) electrons. The van der Waals surface area contributed by atoms with Gasteiger partial charge in [0.15, 0.2) is 0 Å². The van der Waals surface area contributed by atoms with E-state index < -0.39 is 0 Å². The number of nitrogens with two attached hydrogens (primary N) is 1. The van der Waals surface area contributed by atoms with E-state index in [4.69, 9.17) is 5.73 Å². The van der Waals surface area contributed by atoms with Gasteiger partial charge in [-0.3, -0.25) is 4.98 Å². The predicted molar refractivity (Wildman–Crippen MR) is 37.0 cm³/mol. The molecule has 0 amide bonds. The van der Waals surface area contributed by atoms with E-state index in [0.717, 1.165) is 0 Å². The van der Waals surface area contributed by atoms with Gasteiger partial charge in [0.1, 0.15) is 5.82 Å². The van der Waals surface area contributed by atoms with Crippen LogP contribution in [0, 0.1) is 5.82 Å². The number of hydrogen-bond donors (Lipinski definition) is 1. The van der Waals surface area contributed by atoms with E-state index in [1.807, 2.05) is 0 Å². The molecule has 0 saturated carbocycles. The second-order valence-electron chi connectivity index (χ2n) is 1.97. The summed E-state index contributed by atoms with van der Waals surface area (Å²) in [7, 11) is 0. The lowest BCUT2D eigenvalue weighted by Crippen LogP contribution is -2.05. The highest BCUT2D eigenvalue weighted by molar-refractivity contribution is 5.06. The summed E-state index contributed by atoms with van der Waals surface area (Å²) in [5.41, 5.74) is 5.67. The molecule has 1 rings (SSSR count). The SMILES string of the molecule is NCCc1ncccc1F. The summed E-state index contributed by atoms with van der Waals surface area (Å²) in [6.45, 7) is 0.438. The molecular formula is C7H9FN2. The van der Waals surface area contributed by atoms with Crippen molar-refractivity contribution in [3.05, 3.63) is 29.8 Å². The monoisotopic (exact) mass is 140 g/mol. The first kappa shape index (κ1) is 7.15. The highest BCUT2D eigenvalue weighted by Crippen LogP contribution is 2.01. The fourth-order valence-electron chi connectivity index (χ4n) is 0.739. The molecule has 0 spiro atoms. The van der Waals surface area contributed by atoms with Crippen LogP contribution in [0.25, 0.3) is 0 Å². The number of halogens is 1. The quantitative estimate of drug-likeness (QED) is 0.657. The van der Waals surface area contributed by atoms with Gasteiger partial charge in [-0.25, -0.2) is 4.39 Å². The molecule has 0 unspecified atom stereocenters. The molecule has 0 aliphatic rings. The van der Waals surface area contributed by atoms with E-state index in [0.29, 0.717) is 18.7 Å². The Labute approximate surface area is 58.9 Å². The Kier molecular flexibility index (Phi) is 2.34. The van der Waals surface area contributed by atoms with Crippen LogP contribution in [0.1, 0.15) is 5.69 Å². The summed E-state index contributed by atoms with van der Waals surface area (Å²) in [6.07, 6.45) is 2.07. The third-order valence-corrected chi connectivity index (χ3v) is 1.22. The maximum Gasteiger partial charge on any atom is 0.144 e. The van der Waals surface area contributed by atoms with Gasteiger partial charge < -0.3 is 5.73 Å². The molecule has 0 aromatic carbocycles. The molecule has 54 valence electrons. The van der Waals surface area contributed by atoms with Gasteiger partial charge in [0.2, 0.25) is 0 Å². The third-order valence-electron chi connectivity index (χ3n) is 1.22. The second-order valence-corrected chi connectivity index (χ2v) is 1.97. The number of aromatic nitrogens is 1. The zero-order chi connectivity index (χ0) is 7.40. The smallest absolute Gasteiger partial charge is 0.144 e. The summed E-state index contributed by atoms with van der Waals surface area (Å²) < 4.78 is 12.7. The summed E-state index contributed by atoms with van der Waals surface area (Å²) in [6, 6.07) is 2.95. The average molecular weight is 140 g/mol. The molecule has 3 heteroatoms. The predicted octanol–water partition coefficient (Wildman–Crippen LogP) is 0.722. The Hall–Kier alpha value is -0.960. The van der Waals surface area contributed by atoms with Crippen molar-refractivity contribution in [1.29, 1.82) is 0 Å². The molecule has 10 heavy (non-hydrogen) atoms. The summed E-state index contributed by atoms with van der Waals surface area (Å²) in [4.78, 5) is 3.81. The lowest BCUT2D eigenvalue weighted by molar-refractivity contribution is 0.598. The number of pyridine rings is 1. The number of rotatable bonds is 2. The average Bonchev–Trinajstić information content (AvgIpc) is 1.94. The molecule has 2 N–H and O–H groups in total. The molecule has 1 heterocycles. The first-order chi connectivity index (χ1) is 4.84. The molecule has 1 aromatic rings. The largest absolute Gasteiger partial charge is 0.330 e. The standard InChI is InChI=1S/C7H9FN2/c8-6-2-1-5-10-7(6)3-4-9/h1-2,5H,3-4,9H2. The van der Waals surface area contributed by atoms with Crippen LogP contribution in [0.3, 0.4) is 0 Å². The minimum atomic E-state index is -0.270. The highest BCUT2D eigenvalue weighted by atomic mass is 19.1. The van der Waals surface area contributed by atoms with Gasteiger partial charge in [0.25, 0.3) is 0 Å². The molecule has 2 nitrogen and oxygen atoms in total.